The Labute approximate surface area is 139 Å². The minimum absolute atomic E-state index is 0.0360. The van der Waals surface area contributed by atoms with Gasteiger partial charge in [0.05, 0.1) is 5.56 Å². The van der Waals surface area contributed by atoms with Crippen molar-refractivity contribution in [3.05, 3.63) is 70.8 Å². The average molecular weight is 331 g/mol. The Balaban J connectivity index is 1.81. The molecule has 1 saturated heterocycles. The molecule has 2 aromatic carbocycles. The molecular formula is C18H19F2N3O. The summed E-state index contributed by atoms with van der Waals surface area (Å²) in [7, 11) is 0. The molecule has 2 aromatic rings. The van der Waals surface area contributed by atoms with Gasteiger partial charge in [-0.3, -0.25) is 10.2 Å². The third-order valence-electron chi connectivity index (χ3n) is 4.29. The van der Waals surface area contributed by atoms with E-state index in [0.29, 0.717) is 0 Å². The zero-order valence-corrected chi connectivity index (χ0v) is 13.4. The highest BCUT2D eigenvalue weighted by atomic mass is 19.1. The van der Waals surface area contributed by atoms with Crippen LogP contribution < -0.4 is 16.2 Å². The van der Waals surface area contributed by atoms with E-state index in [-0.39, 0.29) is 17.5 Å². The molecule has 1 amide bonds. The lowest BCUT2D eigenvalue weighted by atomic mass is 9.91. The van der Waals surface area contributed by atoms with Crippen LogP contribution in [0.25, 0.3) is 0 Å². The van der Waals surface area contributed by atoms with Gasteiger partial charge in [0, 0.05) is 12.0 Å². The van der Waals surface area contributed by atoms with Gasteiger partial charge in [0.1, 0.15) is 17.8 Å². The van der Waals surface area contributed by atoms with Crippen molar-refractivity contribution in [3.63, 3.8) is 0 Å². The summed E-state index contributed by atoms with van der Waals surface area (Å²) in [6.45, 7) is 4.00. The van der Waals surface area contributed by atoms with E-state index in [2.05, 4.69) is 16.2 Å². The Morgan fingerprint density at radius 3 is 2.50 bits per heavy atom. The number of carbonyl (C=O) groups is 1. The highest BCUT2D eigenvalue weighted by Gasteiger charge is 2.35. The van der Waals surface area contributed by atoms with Crippen molar-refractivity contribution in [2.75, 3.05) is 0 Å². The van der Waals surface area contributed by atoms with Gasteiger partial charge in [-0.1, -0.05) is 29.8 Å². The number of hydrogen-bond donors (Lipinski definition) is 3. The summed E-state index contributed by atoms with van der Waals surface area (Å²) >= 11 is 0. The summed E-state index contributed by atoms with van der Waals surface area (Å²) in [6, 6.07) is 10.9. The number of hydrazine groups is 1. The first-order chi connectivity index (χ1) is 11.5. The maximum Gasteiger partial charge on any atom is 0.255 e. The Kier molecular flexibility index (Phi) is 4.59. The van der Waals surface area contributed by atoms with Crippen molar-refractivity contribution in [3.8, 4) is 0 Å². The molecule has 3 unspecified atom stereocenters. The average Bonchev–Trinajstić information content (AvgIpc) is 2.91. The molecule has 3 N–H and O–H groups in total. The lowest BCUT2D eigenvalue weighted by molar-refractivity contribution is 0.0924. The topological polar surface area (TPSA) is 53.2 Å². The van der Waals surface area contributed by atoms with E-state index in [9.17, 15) is 13.6 Å². The monoisotopic (exact) mass is 331 g/mol. The molecule has 0 bridgehead atoms. The molecule has 3 rings (SSSR count). The van der Waals surface area contributed by atoms with Crippen molar-refractivity contribution in [2.45, 2.75) is 32.0 Å². The smallest absolute Gasteiger partial charge is 0.255 e. The Hall–Kier alpha value is -2.31. The quantitative estimate of drug-likeness (QED) is 0.810. The van der Waals surface area contributed by atoms with Crippen LogP contribution in [0.2, 0.25) is 0 Å². The number of hydrogen-bond acceptors (Lipinski definition) is 3. The van der Waals surface area contributed by atoms with Crippen LogP contribution in [0.5, 0.6) is 0 Å². The number of rotatable bonds is 3. The molecule has 1 aliphatic rings. The third kappa shape index (κ3) is 3.29. The van der Waals surface area contributed by atoms with Gasteiger partial charge < -0.3 is 5.32 Å². The van der Waals surface area contributed by atoms with Crippen molar-refractivity contribution in [1.82, 2.24) is 16.2 Å². The fourth-order valence-corrected chi connectivity index (χ4v) is 2.98. The minimum atomic E-state index is -0.750. The number of aryl methyl sites for hydroxylation is 1. The van der Waals surface area contributed by atoms with Crippen molar-refractivity contribution < 1.29 is 13.6 Å². The zero-order chi connectivity index (χ0) is 17.3. The molecule has 1 aliphatic heterocycles. The van der Waals surface area contributed by atoms with Gasteiger partial charge in [-0.05, 0) is 37.6 Å². The second-order valence-corrected chi connectivity index (χ2v) is 6.09. The van der Waals surface area contributed by atoms with Gasteiger partial charge >= 0.3 is 0 Å². The van der Waals surface area contributed by atoms with Crippen molar-refractivity contribution in [2.24, 2.45) is 0 Å². The van der Waals surface area contributed by atoms with E-state index in [1.807, 2.05) is 38.1 Å². The molecule has 0 aliphatic carbocycles. The van der Waals surface area contributed by atoms with Crippen LogP contribution in [0.4, 0.5) is 8.78 Å². The fourth-order valence-electron chi connectivity index (χ4n) is 2.98. The SMILES string of the molecule is Cc1ccc(C2C(C)NNC2NC(=O)c2cc(F)ccc2F)cc1. The lowest BCUT2D eigenvalue weighted by Gasteiger charge is -2.22. The summed E-state index contributed by atoms with van der Waals surface area (Å²) in [4.78, 5) is 12.3. The maximum atomic E-state index is 13.8. The van der Waals surface area contributed by atoms with Gasteiger partial charge in [0.15, 0.2) is 0 Å². The van der Waals surface area contributed by atoms with E-state index < -0.39 is 23.7 Å². The number of carbonyl (C=O) groups excluding carboxylic acids is 1. The van der Waals surface area contributed by atoms with E-state index in [0.717, 1.165) is 29.3 Å². The van der Waals surface area contributed by atoms with Crippen LogP contribution in [0.15, 0.2) is 42.5 Å². The molecule has 4 nitrogen and oxygen atoms in total. The molecule has 0 spiro atoms. The Morgan fingerprint density at radius 1 is 1.08 bits per heavy atom. The first-order valence-electron chi connectivity index (χ1n) is 7.79. The molecule has 1 fully saturated rings. The molecule has 24 heavy (non-hydrogen) atoms. The van der Waals surface area contributed by atoms with E-state index in [1.165, 1.54) is 0 Å². The maximum absolute atomic E-state index is 13.8. The predicted molar refractivity (Wildman–Crippen MR) is 87.3 cm³/mol. The Morgan fingerprint density at radius 2 is 1.79 bits per heavy atom. The molecule has 1 heterocycles. The van der Waals surface area contributed by atoms with Crippen LogP contribution >= 0.6 is 0 Å². The minimum Gasteiger partial charge on any atom is -0.335 e. The lowest BCUT2D eigenvalue weighted by Crippen LogP contribution is -2.46. The number of halogens is 2. The van der Waals surface area contributed by atoms with Gasteiger partial charge in [0.25, 0.3) is 5.91 Å². The van der Waals surface area contributed by atoms with E-state index in [1.54, 1.807) is 0 Å². The number of nitrogens with one attached hydrogen (secondary N) is 3. The van der Waals surface area contributed by atoms with Crippen LogP contribution in [-0.4, -0.2) is 18.1 Å². The van der Waals surface area contributed by atoms with Crippen LogP contribution in [-0.2, 0) is 0 Å². The third-order valence-corrected chi connectivity index (χ3v) is 4.29. The predicted octanol–water partition coefficient (Wildman–Crippen LogP) is 2.61. The van der Waals surface area contributed by atoms with Gasteiger partial charge in [-0.25, -0.2) is 14.2 Å². The highest BCUT2D eigenvalue weighted by Crippen LogP contribution is 2.26. The van der Waals surface area contributed by atoms with E-state index in [4.69, 9.17) is 0 Å². The molecule has 126 valence electrons. The summed E-state index contributed by atoms with van der Waals surface area (Å²) < 4.78 is 27.1. The van der Waals surface area contributed by atoms with Crippen LogP contribution in [0, 0.1) is 18.6 Å². The first kappa shape index (κ1) is 16.5. The van der Waals surface area contributed by atoms with Gasteiger partial charge in [-0.2, -0.15) is 0 Å². The normalized spacial score (nSPS) is 23.2. The summed E-state index contributed by atoms with van der Waals surface area (Å²) in [5.41, 5.74) is 7.98. The van der Waals surface area contributed by atoms with Gasteiger partial charge in [0.2, 0.25) is 0 Å². The first-order valence-corrected chi connectivity index (χ1v) is 7.79. The second kappa shape index (κ2) is 6.67. The molecular weight excluding hydrogens is 312 g/mol. The van der Waals surface area contributed by atoms with Crippen molar-refractivity contribution >= 4 is 5.91 Å². The van der Waals surface area contributed by atoms with Gasteiger partial charge in [-0.15, -0.1) is 0 Å². The standard InChI is InChI=1S/C18H19F2N3O/c1-10-3-5-12(6-4-10)16-11(2)22-23-17(16)21-18(24)14-9-13(19)7-8-15(14)20/h3-9,11,16-17,22-23H,1-2H3,(H,21,24). The second-order valence-electron chi connectivity index (χ2n) is 6.09. The molecule has 3 atom stereocenters. The van der Waals surface area contributed by atoms with E-state index >= 15 is 0 Å². The summed E-state index contributed by atoms with van der Waals surface area (Å²) in [5.74, 6) is -2.09. The molecule has 0 radical (unpaired) electrons. The number of benzene rings is 2. The molecule has 0 aromatic heterocycles. The van der Waals surface area contributed by atoms with Crippen LogP contribution in [0.1, 0.15) is 34.3 Å². The zero-order valence-electron chi connectivity index (χ0n) is 13.4. The fraction of sp³-hybridized carbons (Fsp3) is 0.278. The highest BCUT2D eigenvalue weighted by molar-refractivity contribution is 5.94. The Bertz CT molecular complexity index is 748. The molecule has 0 saturated carbocycles. The summed E-state index contributed by atoms with van der Waals surface area (Å²) in [5, 5.41) is 2.74. The van der Waals surface area contributed by atoms with Crippen LogP contribution in [0.3, 0.4) is 0 Å². The van der Waals surface area contributed by atoms with Crippen molar-refractivity contribution in [1.29, 1.82) is 0 Å². The summed E-state index contributed by atoms with van der Waals surface area (Å²) in [6.07, 6.45) is -0.433. The molecule has 6 heteroatoms. The largest absolute Gasteiger partial charge is 0.335 e. The number of amides is 1.